The number of hydrogen-bond donors (Lipinski definition) is 3. The highest BCUT2D eigenvalue weighted by molar-refractivity contribution is 7.80. The van der Waals surface area contributed by atoms with Crippen molar-refractivity contribution in [3.8, 4) is 11.3 Å². The summed E-state index contributed by atoms with van der Waals surface area (Å²) >= 11 is 5.44. The molecule has 2 heterocycles. The summed E-state index contributed by atoms with van der Waals surface area (Å²) in [5, 5.41) is 15.4. The van der Waals surface area contributed by atoms with E-state index in [0.29, 0.717) is 10.5 Å². The van der Waals surface area contributed by atoms with Gasteiger partial charge in [0, 0.05) is 36.3 Å². The first-order valence-corrected chi connectivity index (χ1v) is 10.5. The summed E-state index contributed by atoms with van der Waals surface area (Å²) in [7, 11) is 0. The molecule has 3 N–H and O–H groups in total. The number of fused-ring (bicyclic) bond motifs is 1. The number of rotatable bonds is 6. The highest BCUT2D eigenvalue weighted by atomic mass is 35.5. The van der Waals surface area contributed by atoms with E-state index in [1.54, 1.807) is 6.07 Å². The van der Waals surface area contributed by atoms with Gasteiger partial charge in [0.1, 0.15) is 0 Å². The zero-order chi connectivity index (χ0) is 20.8. The van der Waals surface area contributed by atoms with Crippen LogP contribution in [0.3, 0.4) is 0 Å². The molecule has 4 rings (SSSR count). The molecular weight excluding hydrogens is 434 g/mol. The van der Waals surface area contributed by atoms with Gasteiger partial charge in [-0.1, -0.05) is 30.3 Å². The third-order valence-corrected chi connectivity index (χ3v) is 5.38. The molecule has 1 aliphatic heterocycles. The predicted molar refractivity (Wildman–Crippen MR) is 131 cm³/mol. The zero-order valence-electron chi connectivity index (χ0n) is 17.1. The van der Waals surface area contributed by atoms with Gasteiger partial charge < -0.3 is 15.4 Å². The van der Waals surface area contributed by atoms with Crippen LogP contribution in [0.2, 0.25) is 0 Å². The Kier molecular flexibility index (Phi) is 8.36. The van der Waals surface area contributed by atoms with Gasteiger partial charge in [-0.2, -0.15) is 5.10 Å². The molecule has 164 valence electrons. The number of nitrogens with zero attached hydrogens (tertiary/aromatic N) is 2. The van der Waals surface area contributed by atoms with Crippen LogP contribution < -0.4 is 16.2 Å². The summed E-state index contributed by atoms with van der Waals surface area (Å²) in [6.07, 6.45) is 1.02. The topological polar surface area (TPSA) is 82.3 Å². The molecule has 0 spiro atoms. The normalized spacial score (nSPS) is 14.1. The van der Waals surface area contributed by atoms with E-state index in [1.807, 2.05) is 42.5 Å². The lowest BCUT2D eigenvalue weighted by Gasteiger charge is -2.26. The van der Waals surface area contributed by atoms with Gasteiger partial charge in [-0.15, -0.1) is 12.4 Å². The smallest absolute Gasteiger partial charge is 0.272 e. The number of thiocarbonyl (C=S) groups is 1. The van der Waals surface area contributed by atoms with E-state index in [4.69, 9.17) is 17.0 Å². The number of hydrogen-bond acceptors (Lipinski definition) is 5. The maximum Gasteiger partial charge on any atom is 0.272 e. The summed E-state index contributed by atoms with van der Waals surface area (Å²) in [6, 6.07) is 15.3. The highest BCUT2D eigenvalue weighted by Gasteiger charge is 2.10. The second-order valence-electron chi connectivity index (χ2n) is 7.22. The van der Waals surface area contributed by atoms with Crippen molar-refractivity contribution in [1.82, 2.24) is 20.4 Å². The molecule has 1 aromatic heterocycles. The number of ether oxygens (including phenoxy) is 1. The van der Waals surface area contributed by atoms with E-state index in [2.05, 4.69) is 25.7 Å². The number of aromatic amines is 1. The molecule has 3 aromatic rings. The quantitative estimate of drug-likeness (QED) is 0.386. The van der Waals surface area contributed by atoms with Crippen molar-refractivity contribution in [3.63, 3.8) is 0 Å². The molecule has 0 radical (unpaired) electrons. The van der Waals surface area contributed by atoms with Crippen molar-refractivity contribution in [1.29, 1.82) is 0 Å². The number of benzene rings is 2. The van der Waals surface area contributed by atoms with Gasteiger partial charge >= 0.3 is 0 Å². The maximum absolute atomic E-state index is 12.0. The molecule has 0 atom stereocenters. The van der Waals surface area contributed by atoms with Crippen molar-refractivity contribution in [2.75, 3.05) is 44.7 Å². The molecule has 7 nitrogen and oxygen atoms in total. The van der Waals surface area contributed by atoms with Crippen molar-refractivity contribution in [2.45, 2.75) is 6.42 Å². The van der Waals surface area contributed by atoms with Crippen LogP contribution in [0.5, 0.6) is 0 Å². The third kappa shape index (κ3) is 6.01. The van der Waals surface area contributed by atoms with Crippen LogP contribution in [0.4, 0.5) is 5.69 Å². The van der Waals surface area contributed by atoms with Crippen molar-refractivity contribution in [3.05, 3.63) is 58.9 Å². The summed E-state index contributed by atoms with van der Waals surface area (Å²) in [5.41, 5.74) is 2.32. The number of aromatic nitrogens is 2. The first kappa shape index (κ1) is 23.1. The lowest BCUT2D eigenvalue weighted by Crippen LogP contribution is -2.38. The number of anilines is 1. The van der Waals surface area contributed by atoms with Crippen LogP contribution in [-0.2, 0) is 4.74 Å². The van der Waals surface area contributed by atoms with E-state index >= 15 is 0 Å². The summed E-state index contributed by atoms with van der Waals surface area (Å²) in [5.74, 6) is 0. The number of nitrogens with one attached hydrogen (secondary N) is 3. The van der Waals surface area contributed by atoms with Crippen LogP contribution in [0.1, 0.15) is 6.42 Å². The minimum Gasteiger partial charge on any atom is -0.379 e. The molecule has 2 aromatic carbocycles. The lowest BCUT2D eigenvalue weighted by atomic mass is 10.0. The molecule has 0 aliphatic carbocycles. The largest absolute Gasteiger partial charge is 0.379 e. The van der Waals surface area contributed by atoms with E-state index in [0.717, 1.165) is 68.1 Å². The molecule has 1 aliphatic rings. The maximum atomic E-state index is 12.0. The SMILES string of the molecule is Cl.O=c1[nH]nc(-c2cccc(NC(=S)NCCCN3CCOCC3)c2)c2ccccc12. The van der Waals surface area contributed by atoms with Crippen LogP contribution >= 0.6 is 24.6 Å². The van der Waals surface area contributed by atoms with E-state index in [1.165, 1.54) is 0 Å². The lowest BCUT2D eigenvalue weighted by molar-refractivity contribution is 0.0376. The van der Waals surface area contributed by atoms with Gasteiger partial charge in [-0.3, -0.25) is 9.69 Å². The Morgan fingerprint density at radius 3 is 2.71 bits per heavy atom. The average molecular weight is 460 g/mol. The molecule has 1 saturated heterocycles. The average Bonchev–Trinajstić information content (AvgIpc) is 2.78. The minimum atomic E-state index is -0.189. The van der Waals surface area contributed by atoms with Gasteiger partial charge in [0.25, 0.3) is 5.56 Å². The van der Waals surface area contributed by atoms with Crippen LogP contribution in [0.25, 0.3) is 22.0 Å². The Bertz CT molecular complexity index is 1080. The van der Waals surface area contributed by atoms with Crippen molar-refractivity contribution < 1.29 is 4.74 Å². The second kappa shape index (κ2) is 11.2. The molecule has 9 heteroatoms. The van der Waals surface area contributed by atoms with Crippen molar-refractivity contribution in [2.24, 2.45) is 0 Å². The minimum absolute atomic E-state index is 0. The molecule has 0 amide bonds. The van der Waals surface area contributed by atoms with E-state index in [9.17, 15) is 4.79 Å². The Morgan fingerprint density at radius 2 is 1.90 bits per heavy atom. The van der Waals surface area contributed by atoms with E-state index < -0.39 is 0 Å². The van der Waals surface area contributed by atoms with Gasteiger partial charge in [0.15, 0.2) is 5.11 Å². The van der Waals surface area contributed by atoms with Gasteiger partial charge in [0.2, 0.25) is 0 Å². The number of morpholine rings is 1. The number of H-pyrrole nitrogens is 1. The summed E-state index contributed by atoms with van der Waals surface area (Å²) in [4.78, 5) is 14.4. The monoisotopic (exact) mass is 459 g/mol. The Balaban J connectivity index is 0.00000272. The molecule has 0 unspecified atom stereocenters. The fraction of sp³-hybridized carbons (Fsp3) is 0.318. The molecule has 0 saturated carbocycles. The first-order chi connectivity index (χ1) is 14.7. The standard InChI is InChI=1S/C22H25N5O2S.ClH/c28-21-19-8-2-1-7-18(19)20(25-26-21)16-5-3-6-17(15-16)24-22(30)23-9-4-10-27-11-13-29-14-12-27;/h1-3,5-8,15H,4,9-14H2,(H,26,28)(H2,23,24,30);1H. The highest BCUT2D eigenvalue weighted by Crippen LogP contribution is 2.26. The van der Waals surface area contributed by atoms with Gasteiger partial charge in [-0.05, 0) is 43.4 Å². The molecule has 31 heavy (non-hydrogen) atoms. The molecule has 0 bridgehead atoms. The predicted octanol–water partition coefficient (Wildman–Crippen LogP) is 3.02. The fourth-order valence-electron chi connectivity index (χ4n) is 3.58. The Morgan fingerprint density at radius 1 is 1.13 bits per heavy atom. The fourth-order valence-corrected chi connectivity index (χ4v) is 3.80. The molecular formula is C22H26ClN5O2S. The first-order valence-electron chi connectivity index (χ1n) is 10.1. The molecule has 1 fully saturated rings. The van der Waals surface area contributed by atoms with E-state index in [-0.39, 0.29) is 18.0 Å². The van der Waals surface area contributed by atoms with Crippen LogP contribution in [-0.4, -0.2) is 59.6 Å². The van der Waals surface area contributed by atoms with Crippen molar-refractivity contribution >= 4 is 46.2 Å². The zero-order valence-corrected chi connectivity index (χ0v) is 18.7. The summed E-state index contributed by atoms with van der Waals surface area (Å²) in [6.45, 7) is 5.51. The van der Waals surface area contributed by atoms with Gasteiger partial charge in [0.05, 0.1) is 24.3 Å². The van der Waals surface area contributed by atoms with Gasteiger partial charge in [-0.25, -0.2) is 5.10 Å². The van der Waals surface area contributed by atoms with Crippen LogP contribution in [0.15, 0.2) is 53.3 Å². The summed E-state index contributed by atoms with van der Waals surface area (Å²) < 4.78 is 5.37. The number of halogens is 1. The third-order valence-electron chi connectivity index (χ3n) is 5.13. The Hall–Kier alpha value is -2.52. The Labute approximate surface area is 192 Å². The second-order valence-corrected chi connectivity index (χ2v) is 7.62. The van der Waals surface area contributed by atoms with Crippen LogP contribution in [0, 0.1) is 0 Å².